The molecule has 0 aliphatic carbocycles. The number of carbonyl (C=O) groups excluding carboxylic acids is 1. The van der Waals surface area contributed by atoms with Crippen molar-refractivity contribution in [2.45, 2.75) is 6.42 Å². The van der Waals surface area contributed by atoms with E-state index in [1.54, 1.807) is 17.0 Å². The fourth-order valence-electron chi connectivity index (χ4n) is 2.53. The number of nitrogens with zero attached hydrogens (tertiary/aromatic N) is 2. The molecule has 0 spiro atoms. The van der Waals surface area contributed by atoms with Gasteiger partial charge in [-0.3, -0.25) is 9.69 Å². The van der Waals surface area contributed by atoms with E-state index in [9.17, 15) is 4.79 Å². The molecule has 21 heavy (non-hydrogen) atoms. The third kappa shape index (κ3) is 2.59. The van der Waals surface area contributed by atoms with Gasteiger partial charge in [-0.25, -0.2) is 0 Å². The molecule has 2 aromatic rings. The summed E-state index contributed by atoms with van der Waals surface area (Å²) in [7, 11) is 1.97. The molecule has 0 unspecified atom stereocenters. The van der Waals surface area contributed by atoms with Crippen LogP contribution >= 0.6 is 23.2 Å². The van der Waals surface area contributed by atoms with E-state index in [-0.39, 0.29) is 5.91 Å². The van der Waals surface area contributed by atoms with Gasteiger partial charge in [-0.1, -0.05) is 35.3 Å². The molecular formula is C16H14Cl2N2O. The number of rotatable bonds is 1. The van der Waals surface area contributed by atoms with Crippen LogP contribution in [-0.2, 0) is 4.79 Å². The van der Waals surface area contributed by atoms with Gasteiger partial charge in [0.05, 0.1) is 22.1 Å². The molecule has 0 atom stereocenters. The molecule has 0 radical (unpaired) electrons. The van der Waals surface area contributed by atoms with Gasteiger partial charge in [0.1, 0.15) is 0 Å². The Morgan fingerprint density at radius 3 is 2.52 bits per heavy atom. The maximum Gasteiger partial charge on any atom is 0.233 e. The van der Waals surface area contributed by atoms with Crippen molar-refractivity contribution in [3.8, 4) is 0 Å². The SMILES string of the molecule is CN1CCC(=O)N(c2ccccc2Cl)c2cc(Cl)ccc21. The van der Waals surface area contributed by atoms with Crippen molar-refractivity contribution >= 4 is 46.2 Å². The standard InChI is InChI=1S/C16H14Cl2N2O/c1-19-9-8-16(21)20(13-5-3-2-4-12(13)18)15-10-11(17)6-7-14(15)19/h2-7,10H,8-9H2,1H3. The smallest absolute Gasteiger partial charge is 0.233 e. The first-order valence-electron chi connectivity index (χ1n) is 6.66. The Hall–Kier alpha value is -1.71. The summed E-state index contributed by atoms with van der Waals surface area (Å²) in [5.74, 6) is 0.0102. The second-order valence-electron chi connectivity index (χ2n) is 4.99. The fourth-order valence-corrected chi connectivity index (χ4v) is 2.91. The molecule has 2 aromatic carbocycles. The van der Waals surface area contributed by atoms with Crippen LogP contribution in [0.5, 0.6) is 0 Å². The average Bonchev–Trinajstić information content (AvgIpc) is 2.58. The predicted molar refractivity (Wildman–Crippen MR) is 87.9 cm³/mol. The third-order valence-electron chi connectivity index (χ3n) is 3.59. The first-order valence-corrected chi connectivity index (χ1v) is 7.41. The zero-order valence-electron chi connectivity index (χ0n) is 11.5. The van der Waals surface area contributed by atoms with Crippen LogP contribution in [0.2, 0.25) is 10.0 Å². The van der Waals surface area contributed by atoms with Gasteiger partial charge in [0.15, 0.2) is 0 Å². The summed E-state index contributed by atoms with van der Waals surface area (Å²) in [4.78, 5) is 16.3. The summed E-state index contributed by atoms with van der Waals surface area (Å²) < 4.78 is 0. The molecule has 1 amide bonds. The Labute approximate surface area is 133 Å². The minimum atomic E-state index is 0.0102. The normalized spacial score (nSPS) is 14.9. The molecule has 0 saturated heterocycles. The molecule has 1 heterocycles. The lowest BCUT2D eigenvalue weighted by atomic mass is 10.2. The summed E-state index contributed by atoms with van der Waals surface area (Å²) in [5.41, 5.74) is 2.41. The number of hydrogen-bond donors (Lipinski definition) is 0. The van der Waals surface area contributed by atoms with E-state index >= 15 is 0 Å². The van der Waals surface area contributed by atoms with Crippen LogP contribution in [0.25, 0.3) is 0 Å². The number of para-hydroxylation sites is 1. The summed E-state index contributed by atoms with van der Waals surface area (Å²) in [6, 6.07) is 12.9. The molecule has 0 N–H and O–H groups in total. The molecule has 0 aromatic heterocycles. The average molecular weight is 321 g/mol. The van der Waals surface area contributed by atoms with Gasteiger partial charge in [-0.05, 0) is 30.3 Å². The van der Waals surface area contributed by atoms with Crippen molar-refractivity contribution in [1.82, 2.24) is 0 Å². The lowest BCUT2D eigenvalue weighted by Crippen LogP contribution is -2.25. The highest BCUT2D eigenvalue weighted by Gasteiger charge is 2.27. The Morgan fingerprint density at radius 1 is 1.00 bits per heavy atom. The van der Waals surface area contributed by atoms with E-state index in [1.807, 2.05) is 37.4 Å². The Morgan fingerprint density at radius 2 is 1.76 bits per heavy atom. The zero-order valence-corrected chi connectivity index (χ0v) is 13.0. The number of benzene rings is 2. The predicted octanol–water partition coefficient (Wildman–Crippen LogP) is 4.50. The minimum absolute atomic E-state index is 0.0102. The Kier molecular flexibility index (Phi) is 3.79. The second-order valence-corrected chi connectivity index (χ2v) is 5.83. The van der Waals surface area contributed by atoms with Gasteiger partial charge in [-0.15, -0.1) is 0 Å². The fraction of sp³-hybridized carbons (Fsp3) is 0.188. The number of fused-ring (bicyclic) bond motifs is 1. The van der Waals surface area contributed by atoms with Crippen molar-refractivity contribution in [3.63, 3.8) is 0 Å². The lowest BCUT2D eigenvalue weighted by molar-refractivity contribution is -0.117. The molecular weight excluding hydrogens is 307 g/mol. The van der Waals surface area contributed by atoms with Crippen LogP contribution in [0, 0.1) is 0 Å². The minimum Gasteiger partial charge on any atom is -0.372 e. The third-order valence-corrected chi connectivity index (χ3v) is 4.15. The molecule has 5 heteroatoms. The topological polar surface area (TPSA) is 23.6 Å². The van der Waals surface area contributed by atoms with Crippen LogP contribution in [-0.4, -0.2) is 19.5 Å². The van der Waals surface area contributed by atoms with Crippen molar-refractivity contribution in [3.05, 3.63) is 52.5 Å². The van der Waals surface area contributed by atoms with Crippen LogP contribution in [0.15, 0.2) is 42.5 Å². The molecule has 0 fully saturated rings. The first kappa shape index (κ1) is 14.2. The van der Waals surface area contributed by atoms with Gasteiger partial charge in [0.25, 0.3) is 0 Å². The first-order chi connectivity index (χ1) is 10.1. The molecule has 1 aliphatic rings. The number of carbonyl (C=O) groups is 1. The highest BCUT2D eigenvalue weighted by Crippen LogP contribution is 2.40. The van der Waals surface area contributed by atoms with Gasteiger partial charge in [0.2, 0.25) is 5.91 Å². The molecule has 0 saturated carbocycles. The van der Waals surface area contributed by atoms with Crippen LogP contribution in [0.4, 0.5) is 17.1 Å². The van der Waals surface area contributed by atoms with Gasteiger partial charge in [-0.2, -0.15) is 0 Å². The van der Waals surface area contributed by atoms with Gasteiger partial charge in [0, 0.05) is 25.0 Å². The van der Waals surface area contributed by atoms with Crippen LogP contribution in [0.1, 0.15) is 6.42 Å². The van der Waals surface area contributed by atoms with E-state index in [0.717, 1.165) is 11.4 Å². The second kappa shape index (κ2) is 5.58. The van der Waals surface area contributed by atoms with Crippen molar-refractivity contribution in [1.29, 1.82) is 0 Å². The molecule has 3 rings (SSSR count). The van der Waals surface area contributed by atoms with Gasteiger partial charge < -0.3 is 4.90 Å². The maximum absolute atomic E-state index is 12.6. The largest absolute Gasteiger partial charge is 0.372 e. The quantitative estimate of drug-likeness (QED) is 0.772. The van der Waals surface area contributed by atoms with E-state index < -0.39 is 0 Å². The number of anilines is 3. The Balaban J connectivity index is 2.23. The van der Waals surface area contributed by atoms with Crippen molar-refractivity contribution < 1.29 is 4.79 Å². The molecule has 3 nitrogen and oxygen atoms in total. The zero-order chi connectivity index (χ0) is 15.0. The summed E-state index contributed by atoms with van der Waals surface area (Å²) in [6.45, 7) is 0.661. The van der Waals surface area contributed by atoms with Gasteiger partial charge >= 0.3 is 0 Å². The number of amides is 1. The number of hydrogen-bond acceptors (Lipinski definition) is 2. The monoisotopic (exact) mass is 320 g/mol. The van der Waals surface area contributed by atoms with Crippen LogP contribution in [0.3, 0.4) is 0 Å². The summed E-state index contributed by atoms with van der Waals surface area (Å²) >= 11 is 12.4. The van der Waals surface area contributed by atoms with E-state index in [1.165, 1.54) is 0 Å². The highest BCUT2D eigenvalue weighted by atomic mass is 35.5. The molecule has 0 bridgehead atoms. The summed E-state index contributed by atoms with van der Waals surface area (Å²) in [6.07, 6.45) is 0.425. The van der Waals surface area contributed by atoms with E-state index in [0.29, 0.717) is 28.7 Å². The van der Waals surface area contributed by atoms with E-state index in [4.69, 9.17) is 23.2 Å². The maximum atomic E-state index is 12.6. The summed E-state index contributed by atoms with van der Waals surface area (Å²) in [5, 5.41) is 1.13. The van der Waals surface area contributed by atoms with Crippen molar-refractivity contribution in [2.75, 3.05) is 23.4 Å². The molecule has 108 valence electrons. The Bertz CT molecular complexity index is 702. The molecule has 1 aliphatic heterocycles. The van der Waals surface area contributed by atoms with E-state index in [2.05, 4.69) is 4.90 Å². The van der Waals surface area contributed by atoms with Crippen molar-refractivity contribution in [2.24, 2.45) is 0 Å². The highest BCUT2D eigenvalue weighted by molar-refractivity contribution is 6.34. The van der Waals surface area contributed by atoms with Crippen LogP contribution < -0.4 is 9.80 Å². The lowest BCUT2D eigenvalue weighted by Gasteiger charge is -2.25. The number of halogens is 2.